The van der Waals surface area contributed by atoms with Gasteiger partial charge in [0.1, 0.15) is 5.82 Å². The maximum atomic E-state index is 5.48. The summed E-state index contributed by atoms with van der Waals surface area (Å²) in [6.07, 6.45) is 8.28. The van der Waals surface area contributed by atoms with Crippen molar-refractivity contribution in [3.8, 4) is 0 Å². The topological polar surface area (TPSA) is 50.3 Å². The minimum atomic E-state index is 0.416. The fourth-order valence-electron chi connectivity index (χ4n) is 3.32. The van der Waals surface area contributed by atoms with Gasteiger partial charge in [-0.2, -0.15) is 0 Å². The predicted octanol–water partition coefficient (Wildman–Crippen LogP) is 1.83. The summed E-state index contributed by atoms with van der Waals surface area (Å²) in [5.41, 5.74) is 1.11. The fraction of sp³-hybridized carbons (Fsp3) is 0.714. The van der Waals surface area contributed by atoms with Crippen LogP contribution >= 0.6 is 0 Å². The molecule has 3 heterocycles. The summed E-state index contributed by atoms with van der Waals surface area (Å²) in [5, 5.41) is 3.17. The smallest absolute Gasteiger partial charge is 0.149 e. The molecule has 1 aromatic rings. The second-order valence-corrected chi connectivity index (χ2v) is 5.28. The Balaban J connectivity index is 1.82. The second-order valence-electron chi connectivity index (χ2n) is 5.28. The number of anilines is 1. The van der Waals surface area contributed by atoms with E-state index in [1.165, 1.54) is 19.4 Å². The van der Waals surface area contributed by atoms with Gasteiger partial charge in [0.15, 0.2) is 0 Å². The van der Waals surface area contributed by atoms with Gasteiger partial charge in [-0.3, -0.25) is 9.88 Å². The van der Waals surface area contributed by atoms with Crippen molar-refractivity contribution < 1.29 is 4.74 Å². The molecule has 0 bridgehead atoms. The van der Waals surface area contributed by atoms with Gasteiger partial charge in [0, 0.05) is 38.7 Å². The first-order chi connectivity index (χ1) is 9.40. The molecule has 0 spiro atoms. The summed E-state index contributed by atoms with van der Waals surface area (Å²) >= 11 is 0. The zero-order valence-electron chi connectivity index (χ0n) is 11.5. The summed E-state index contributed by atoms with van der Waals surface area (Å²) in [7, 11) is 1.92. The molecule has 2 aliphatic rings. The van der Waals surface area contributed by atoms with E-state index in [0.29, 0.717) is 12.1 Å². The number of nitrogens with one attached hydrogen (secondary N) is 1. The van der Waals surface area contributed by atoms with Crippen molar-refractivity contribution in [2.75, 3.05) is 32.1 Å². The van der Waals surface area contributed by atoms with Crippen LogP contribution < -0.4 is 5.32 Å². The maximum absolute atomic E-state index is 5.48. The molecule has 0 radical (unpaired) electrons. The van der Waals surface area contributed by atoms with Crippen molar-refractivity contribution in [1.29, 1.82) is 0 Å². The Bertz CT molecular complexity index is 420. The van der Waals surface area contributed by atoms with Crippen LogP contribution in [0.4, 0.5) is 5.82 Å². The highest BCUT2D eigenvalue weighted by Crippen LogP contribution is 2.37. The number of rotatable bonds is 3. The average molecular weight is 262 g/mol. The molecule has 0 aliphatic carbocycles. The second kappa shape index (κ2) is 5.84. The monoisotopic (exact) mass is 262 g/mol. The van der Waals surface area contributed by atoms with Crippen LogP contribution in [0.25, 0.3) is 0 Å². The van der Waals surface area contributed by atoms with Crippen molar-refractivity contribution in [3.63, 3.8) is 0 Å². The number of hydrogen-bond acceptors (Lipinski definition) is 5. The summed E-state index contributed by atoms with van der Waals surface area (Å²) < 4.78 is 5.48. The van der Waals surface area contributed by atoms with Gasteiger partial charge in [-0.05, 0) is 32.2 Å². The Labute approximate surface area is 114 Å². The van der Waals surface area contributed by atoms with Crippen molar-refractivity contribution in [3.05, 3.63) is 18.1 Å². The molecule has 5 nitrogen and oxygen atoms in total. The van der Waals surface area contributed by atoms with Gasteiger partial charge in [0.25, 0.3) is 0 Å². The number of likely N-dealkylation sites (tertiary alicyclic amines) is 1. The first kappa shape index (κ1) is 12.8. The van der Waals surface area contributed by atoms with Gasteiger partial charge >= 0.3 is 0 Å². The third-order valence-corrected chi connectivity index (χ3v) is 4.23. The number of hydrogen-bond donors (Lipinski definition) is 1. The normalized spacial score (nSPS) is 25.6. The third-order valence-electron chi connectivity index (χ3n) is 4.23. The highest BCUT2D eigenvalue weighted by atomic mass is 16.5. The van der Waals surface area contributed by atoms with E-state index in [9.17, 15) is 0 Å². The summed E-state index contributed by atoms with van der Waals surface area (Å²) in [6, 6.07) is 1.06. The Kier molecular flexibility index (Phi) is 3.94. The molecule has 3 rings (SSSR count). The molecule has 19 heavy (non-hydrogen) atoms. The Morgan fingerprint density at radius 1 is 1.21 bits per heavy atom. The molecule has 2 aliphatic heterocycles. The zero-order chi connectivity index (χ0) is 13.1. The molecular formula is C14H22N4O. The molecule has 0 amide bonds. The van der Waals surface area contributed by atoms with Gasteiger partial charge < -0.3 is 10.1 Å². The van der Waals surface area contributed by atoms with E-state index in [1.54, 1.807) is 12.4 Å². The first-order valence-corrected chi connectivity index (χ1v) is 7.22. The van der Waals surface area contributed by atoms with E-state index >= 15 is 0 Å². The predicted molar refractivity (Wildman–Crippen MR) is 74.1 cm³/mol. The lowest BCUT2D eigenvalue weighted by atomic mass is 10.0. The molecule has 5 heteroatoms. The standard InChI is InChI=1S/C14H22N4O/c1-15-14-13(16-6-7-17-14)12-3-2-8-18(12)11-4-9-19-10-5-11/h6-7,11-12H,2-5,8-10H2,1H3,(H,15,17)/t12-/m1/s1. The fourth-order valence-corrected chi connectivity index (χ4v) is 3.32. The Morgan fingerprint density at radius 3 is 2.79 bits per heavy atom. The van der Waals surface area contributed by atoms with Crippen molar-refractivity contribution in [2.45, 2.75) is 37.8 Å². The quantitative estimate of drug-likeness (QED) is 0.900. The van der Waals surface area contributed by atoms with E-state index in [2.05, 4.69) is 20.2 Å². The maximum Gasteiger partial charge on any atom is 0.149 e. The number of aromatic nitrogens is 2. The first-order valence-electron chi connectivity index (χ1n) is 7.22. The third kappa shape index (κ3) is 2.58. The minimum absolute atomic E-state index is 0.416. The van der Waals surface area contributed by atoms with Crippen LogP contribution in [0.5, 0.6) is 0 Å². The van der Waals surface area contributed by atoms with Crippen LogP contribution in [0.15, 0.2) is 12.4 Å². The summed E-state index contributed by atoms with van der Waals surface area (Å²) in [5.74, 6) is 0.923. The molecule has 2 saturated heterocycles. The van der Waals surface area contributed by atoms with Gasteiger partial charge in [-0.25, -0.2) is 4.98 Å². The van der Waals surface area contributed by atoms with Crippen LogP contribution in [0, 0.1) is 0 Å². The van der Waals surface area contributed by atoms with E-state index in [-0.39, 0.29) is 0 Å². The van der Waals surface area contributed by atoms with Crippen molar-refractivity contribution >= 4 is 5.82 Å². The van der Waals surface area contributed by atoms with Gasteiger partial charge in [0.05, 0.1) is 11.7 Å². The van der Waals surface area contributed by atoms with Crippen LogP contribution in [0.1, 0.15) is 37.4 Å². The molecular weight excluding hydrogens is 240 g/mol. The molecule has 2 fully saturated rings. The highest BCUT2D eigenvalue weighted by Gasteiger charge is 2.34. The number of nitrogens with zero attached hydrogens (tertiary/aromatic N) is 3. The van der Waals surface area contributed by atoms with E-state index in [1.807, 2.05) is 7.05 Å². The largest absolute Gasteiger partial charge is 0.381 e. The summed E-state index contributed by atoms with van der Waals surface area (Å²) in [4.78, 5) is 11.6. The Morgan fingerprint density at radius 2 is 2.00 bits per heavy atom. The highest BCUT2D eigenvalue weighted by molar-refractivity contribution is 5.40. The van der Waals surface area contributed by atoms with Crippen LogP contribution in [0.2, 0.25) is 0 Å². The lowest BCUT2D eigenvalue weighted by molar-refractivity contribution is 0.0286. The SMILES string of the molecule is CNc1nccnc1[C@H]1CCCN1C1CCOCC1. The molecule has 0 saturated carbocycles. The lowest BCUT2D eigenvalue weighted by Crippen LogP contribution is -2.39. The Hall–Kier alpha value is -1.20. The van der Waals surface area contributed by atoms with E-state index in [4.69, 9.17) is 4.74 Å². The van der Waals surface area contributed by atoms with Crippen molar-refractivity contribution in [2.24, 2.45) is 0 Å². The molecule has 0 aromatic carbocycles. The number of ether oxygens (including phenoxy) is 1. The zero-order valence-corrected chi connectivity index (χ0v) is 11.5. The van der Waals surface area contributed by atoms with Gasteiger partial charge in [-0.1, -0.05) is 0 Å². The average Bonchev–Trinajstić information content (AvgIpc) is 2.97. The molecule has 1 aromatic heterocycles. The molecule has 1 N–H and O–H groups in total. The van der Waals surface area contributed by atoms with Crippen LogP contribution in [0.3, 0.4) is 0 Å². The molecule has 0 unspecified atom stereocenters. The van der Waals surface area contributed by atoms with E-state index < -0.39 is 0 Å². The summed E-state index contributed by atoms with van der Waals surface area (Å²) in [6.45, 7) is 2.97. The van der Waals surface area contributed by atoms with Gasteiger partial charge in [-0.15, -0.1) is 0 Å². The lowest BCUT2D eigenvalue weighted by Gasteiger charge is -2.35. The molecule has 104 valence electrons. The van der Waals surface area contributed by atoms with Crippen molar-refractivity contribution in [1.82, 2.24) is 14.9 Å². The molecule has 1 atom stereocenters. The van der Waals surface area contributed by atoms with Gasteiger partial charge in [0.2, 0.25) is 0 Å². The van der Waals surface area contributed by atoms with Crippen LogP contribution in [-0.2, 0) is 4.74 Å². The minimum Gasteiger partial charge on any atom is -0.381 e. The van der Waals surface area contributed by atoms with Crippen LogP contribution in [-0.4, -0.2) is 47.7 Å². The van der Waals surface area contributed by atoms with E-state index in [0.717, 1.165) is 37.6 Å².